The van der Waals surface area contributed by atoms with Gasteiger partial charge in [-0.05, 0) is 37.6 Å². The van der Waals surface area contributed by atoms with Crippen molar-refractivity contribution in [2.75, 3.05) is 13.2 Å². The van der Waals surface area contributed by atoms with Crippen LogP contribution in [-0.2, 0) is 4.79 Å². The summed E-state index contributed by atoms with van der Waals surface area (Å²) in [6, 6.07) is 13.5. The molecule has 1 aliphatic heterocycles. The Hall–Kier alpha value is -3.15. The van der Waals surface area contributed by atoms with Crippen LogP contribution in [0.25, 0.3) is 0 Å². The molecular formula is C22H23NO5. The summed E-state index contributed by atoms with van der Waals surface area (Å²) in [6.45, 7) is 3.93. The maximum atomic E-state index is 13.0. The predicted molar refractivity (Wildman–Crippen MR) is 104 cm³/mol. The molecule has 28 heavy (non-hydrogen) atoms. The minimum absolute atomic E-state index is 0.283. The first-order chi connectivity index (χ1) is 13.5. The molecule has 3 rings (SSSR count). The molecule has 2 aromatic carbocycles. The van der Waals surface area contributed by atoms with Gasteiger partial charge >= 0.3 is 0 Å². The highest BCUT2D eigenvalue weighted by Crippen LogP contribution is 2.27. The van der Waals surface area contributed by atoms with Gasteiger partial charge in [-0.1, -0.05) is 37.6 Å². The number of rotatable bonds is 7. The number of nitrogens with zero attached hydrogens (tertiary/aromatic N) is 1. The van der Waals surface area contributed by atoms with E-state index < -0.39 is 17.9 Å². The number of Topliss-reactive ketones (excluding diaryl/α,β-unsaturated/α-hetero) is 1. The third kappa shape index (κ3) is 4.06. The van der Waals surface area contributed by atoms with Gasteiger partial charge in [0, 0.05) is 5.56 Å². The van der Waals surface area contributed by atoms with Crippen molar-refractivity contribution in [3.8, 4) is 11.5 Å². The van der Waals surface area contributed by atoms with Crippen molar-refractivity contribution in [1.29, 1.82) is 0 Å². The van der Waals surface area contributed by atoms with E-state index in [4.69, 9.17) is 9.47 Å². The zero-order valence-corrected chi connectivity index (χ0v) is 16.0. The summed E-state index contributed by atoms with van der Waals surface area (Å²) in [7, 11) is 0. The third-order valence-corrected chi connectivity index (χ3v) is 4.49. The first-order valence-corrected chi connectivity index (χ1v) is 9.42. The van der Waals surface area contributed by atoms with Crippen LogP contribution in [0.5, 0.6) is 11.5 Å². The zero-order valence-electron chi connectivity index (χ0n) is 16.0. The van der Waals surface area contributed by atoms with E-state index in [-0.39, 0.29) is 17.9 Å². The fourth-order valence-corrected chi connectivity index (χ4v) is 3.12. The van der Waals surface area contributed by atoms with E-state index in [0.717, 1.165) is 4.90 Å². The van der Waals surface area contributed by atoms with Gasteiger partial charge in [0.05, 0.1) is 18.7 Å². The SMILES string of the molecule is CCC[C@@H]1Oc2ccccc2C(=O)N(CC(=O)c2cccc(OCC)c2)C1=O. The second kappa shape index (κ2) is 8.69. The Morgan fingerprint density at radius 3 is 2.64 bits per heavy atom. The van der Waals surface area contributed by atoms with Gasteiger partial charge in [-0.25, -0.2) is 0 Å². The van der Waals surface area contributed by atoms with Crippen molar-refractivity contribution in [3.05, 3.63) is 59.7 Å². The monoisotopic (exact) mass is 381 g/mol. The number of hydrogen-bond donors (Lipinski definition) is 0. The lowest BCUT2D eigenvalue weighted by Gasteiger charge is -2.21. The largest absolute Gasteiger partial charge is 0.494 e. The van der Waals surface area contributed by atoms with E-state index in [1.54, 1.807) is 48.5 Å². The number of fused-ring (bicyclic) bond motifs is 1. The van der Waals surface area contributed by atoms with Crippen LogP contribution in [0.15, 0.2) is 48.5 Å². The summed E-state index contributed by atoms with van der Waals surface area (Å²) in [5, 5.41) is 0. The molecule has 0 N–H and O–H groups in total. The van der Waals surface area contributed by atoms with Crippen molar-refractivity contribution < 1.29 is 23.9 Å². The molecule has 0 saturated carbocycles. The highest BCUT2D eigenvalue weighted by Gasteiger charge is 2.37. The summed E-state index contributed by atoms with van der Waals surface area (Å²) in [5.74, 6) is -0.407. The molecule has 0 unspecified atom stereocenters. The van der Waals surface area contributed by atoms with Crippen LogP contribution >= 0.6 is 0 Å². The molecule has 0 spiro atoms. The van der Waals surface area contributed by atoms with Crippen molar-refractivity contribution in [3.63, 3.8) is 0 Å². The standard InChI is InChI=1S/C22H23NO5/c1-3-8-20-22(26)23(21(25)17-11-5-6-12-19(17)28-20)14-18(24)15-9-7-10-16(13-15)27-4-2/h5-7,9-13,20H,3-4,8,14H2,1-2H3/t20-/m0/s1. The molecule has 1 heterocycles. The summed E-state index contributed by atoms with van der Waals surface area (Å²) in [5.41, 5.74) is 0.669. The minimum atomic E-state index is -0.792. The van der Waals surface area contributed by atoms with E-state index in [0.29, 0.717) is 36.5 Å². The van der Waals surface area contributed by atoms with Gasteiger partial charge in [0.1, 0.15) is 11.5 Å². The first-order valence-electron chi connectivity index (χ1n) is 9.42. The highest BCUT2D eigenvalue weighted by molar-refractivity contribution is 6.12. The average molecular weight is 381 g/mol. The molecule has 0 bridgehead atoms. The van der Waals surface area contributed by atoms with E-state index in [1.807, 2.05) is 13.8 Å². The summed E-state index contributed by atoms with van der Waals surface area (Å²) in [6.07, 6.45) is 0.385. The molecule has 1 atom stereocenters. The predicted octanol–water partition coefficient (Wildman–Crippen LogP) is 3.50. The van der Waals surface area contributed by atoms with Gasteiger partial charge < -0.3 is 9.47 Å². The lowest BCUT2D eigenvalue weighted by molar-refractivity contribution is -0.135. The van der Waals surface area contributed by atoms with Crippen LogP contribution in [-0.4, -0.2) is 41.8 Å². The smallest absolute Gasteiger partial charge is 0.270 e. The van der Waals surface area contributed by atoms with E-state index in [2.05, 4.69) is 0 Å². The molecule has 0 aromatic heterocycles. The molecule has 6 nitrogen and oxygen atoms in total. The Bertz CT molecular complexity index is 892. The van der Waals surface area contributed by atoms with E-state index in [1.165, 1.54) is 0 Å². The molecule has 6 heteroatoms. The summed E-state index contributed by atoms with van der Waals surface area (Å²) >= 11 is 0. The van der Waals surface area contributed by atoms with Gasteiger partial charge in [0.15, 0.2) is 11.9 Å². The quantitative estimate of drug-likeness (QED) is 0.542. The average Bonchev–Trinajstić information content (AvgIpc) is 2.80. The molecule has 2 amide bonds. The van der Waals surface area contributed by atoms with Crippen molar-refractivity contribution >= 4 is 17.6 Å². The maximum absolute atomic E-state index is 13.0. The molecule has 0 fully saturated rings. The summed E-state index contributed by atoms with van der Waals surface area (Å²) in [4.78, 5) is 39.7. The number of ether oxygens (including phenoxy) is 2. The van der Waals surface area contributed by atoms with Crippen LogP contribution in [0.2, 0.25) is 0 Å². The Kier molecular flexibility index (Phi) is 6.09. The van der Waals surface area contributed by atoms with E-state index in [9.17, 15) is 14.4 Å². The van der Waals surface area contributed by atoms with Crippen LogP contribution in [0, 0.1) is 0 Å². The van der Waals surface area contributed by atoms with Gasteiger partial charge in [-0.3, -0.25) is 19.3 Å². The molecule has 0 saturated heterocycles. The third-order valence-electron chi connectivity index (χ3n) is 4.49. The second-order valence-corrected chi connectivity index (χ2v) is 6.50. The van der Waals surface area contributed by atoms with Crippen molar-refractivity contribution in [2.45, 2.75) is 32.8 Å². The maximum Gasteiger partial charge on any atom is 0.270 e. The van der Waals surface area contributed by atoms with Crippen LogP contribution < -0.4 is 9.47 Å². The number of carbonyl (C=O) groups is 3. The highest BCUT2D eigenvalue weighted by atomic mass is 16.5. The van der Waals surface area contributed by atoms with Crippen LogP contribution in [0.3, 0.4) is 0 Å². The first kappa shape index (κ1) is 19.6. The lowest BCUT2D eigenvalue weighted by Crippen LogP contribution is -2.45. The number of benzene rings is 2. The van der Waals surface area contributed by atoms with Crippen molar-refractivity contribution in [2.24, 2.45) is 0 Å². The Balaban J connectivity index is 1.90. The van der Waals surface area contributed by atoms with Gasteiger partial charge in [0.2, 0.25) is 0 Å². The van der Waals surface area contributed by atoms with Crippen LogP contribution in [0.4, 0.5) is 0 Å². The Morgan fingerprint density at radius 2 is 1.89 bits per heavy atom. The lowest BCUT2D eigenvalue weighted by atomic mass is 10.1. The summed E-state index contributed by atoms with van der Waals surface area (Å²) < 4.78 is 11.2. The fraction of sp³-hybridized carbons (Fsp3) is 0.318. The Morgan fingerprint density at radius 1 is 1.11 bits per heavy atom. The number of imide groups is 1. The Labute approximate surface area is 164 Å². The normalized spacial score (nSPS) is 16.2. The number of amides is 2. The molecule has 146 valence electrons. The number of carbonyl (C=O) groups excluding carboxylic acids is 3. The van der Waals surface area contributed by atoms with Gasteiger partial charge in [0.25, 0.3) is 11.8 Å². The van der Waals surface area contributed by atoms with Gasteiger partial charge in [-0.15, -0.1) is 0 Å². The minimum Gasteiger partial charge on any atom is -0.494 e. The van der Waals surface area contributed by atoms with Crippen molar-refractivity contribution in [1.82, 2.24) is 4.90 Å². The topological polar surface area (TPSA) is 72.9 Å². The van der Waals surface area contributed by atoms with Crippen LogP contribution in [0.1, 0.15) is 47.4 Å². The zero-order chi connectivity index (χ0) is 20.1. The number of ketones is 1. The number of hydrogen-bond acceptors (Lipinski definition) is 5. The molecule has 0 radical (unpaired) electrons. The molecule has 2 aromatic rings. The molecular weight excluding hydrogens is 358 g/mol. The van der Waals surface area contributed by atoms with E-state index >= 15 is 0 Å². The molecule has 1 aliphatic rings. The second-order valence-electron chi connectivity index (χ2n) is 6.50. The number of para-hydroxylation sites is 1. The van der Waals surface area contributed by atoms with Gasteiger partial charge in [-0.2, -0.15) is 0 Å². The molecule has 0 aliphatic carbocycles. The fourth-order valence-electron chi connectivity index (χ4n) is 3.12.